The van der Waals surface area contributed by atoms with E-state index in [0.717, 1.165) is 16.3 Å². The highest BCUT2D eigenvalue weighted by Gasteiger charge is 2.36. The zero-order valence-corrected chi connectivity index (χ0v) is 17.5. The van der Waals surface area contributed by atoms with Crippen LogP contribution in [0.15, 0.2) is 24.3 Å². The lowest BCUT2D eigenvalue weighted by molar-refractivity contribution is -0.143. The van der Waals surface area contributed by atoms with Crippen LogP contribution >= 0.6 is 23.2 Å². The summed E-state index contributed by atoms with van der Waals surface area (Å²) in [4.78, 5) is 16.6. The lowest BCUT2D eigenvalue weighted by Gasteiger charge is -2.36. The highest BCUT2D eigenvalue weighted by Crippen LogP contribution is 2.30. The van der Waals surface area contributed by atoms with Gasteiger partial charge in [-0.05, 0) is 32.0 Å². The molecule has 0 aliphatic carbocycles. The van der Waals surface area contributed by atoms with Crippen LogP contribution < -0.4 is 0 Å². The summed E-state index contributed by atoms with van der Waals surface area (Å²) in [5.41, 5.74) is 0.150. The Kier molecular flexibility index (Phi) is 6.45. The molecule has 0 N–H and O–H groups in total. The van der Waals surface area contributed by atoms with Crippen molar-refractivity contribution in [2.75, 3.05) is 26.2 Å². The monoisotopic (exact) mass is 448 g/mol. The molecule has 1 unspecified atom stereocenters. The lowest BCUT2D eigenvalue weighted by atomic mass is 10.2. The second-order valence-corrected chi connectivity index (χ2v) is 7.91. The van der Waals surface area contributed by atoms with Crippen LogP contribution in [0.25, 0.3) is 0 Å². The molecule has 29 heavy (non-hydrogen) atoms. The van der Waals surface area contributed by atoms with Crippen LogP contribution in [0.5, 0.6) is 0 Å². The standard InChI is InChI=1S/C19H21Cl2F3N4O/c1-12-10-17(19(22,23)24)25-28(12)13(2)18(29)27-8-6-26(7-9-27)11-14-15(20)4-3-5-16(14)21/h3-5,10,13H,6-9,11H2,1-2H3. The molecular weight excluding hydrogens is 428 g/mol. The van der Waals surface area contributed by atoms with Crippen molar-refractivity contribution >= 4 is 29.1 Å². The molecule has 1 aromatic heterocycles. The molecule has 1 fully saturated rings. The van der Waals surface area contributed by atoms with Gasteiger partial charge in [-0.2, -0.15) is 18.3 Å². The first-order valence-corrected chi connectivity index (χ1v) is 9.91. The summed E-state index contributed by atoms with van der Waals surface area (Å²) in [6.45, 7) is 5.83. The number of hydrogen-bond donors (Lipinski definition) is 0. The molecule has 1 saturated heterocycles. The van der Waals surface area contributed by atoms with Gasteiger partial charge in [0.15, 0.2) is 5.69 Å². The van der Waals surface area contributed by atoms with Crippen LogP contribution in [0.2, 0.25) is 10.0 Å². The fraction of sp³-hybridized carbons (Fsp3) is 0.474. The third-order valence-corrected chi connectivity index (χ3v) is 5.77. The third-order valence-electron chi connectivity index (χ3n) is 5.06. The number of halogens is 5. The Morgan fingerprint density at radius 3 is 2.28 bits per heavy atom. The van der Waals surface area contributed by atoms with E-state index in [-0.39, 0.29) is 5.91 Å². The van der Waals surface area contributed by atoms with Gasteiger partial charge < -0.3 is 4.90 Å². The van der Waals surface area contributed by atoms with E-state index >= 15 is 0 Å². The summed E-state index contributed by atoms with van der Waals surface area (Å²) in [6, 6.07) is 5.50. The van der Waals surface area contributed by atoms with Gasteiger partial charge in [0.1, 0.15) is 6.04 Å². The van der Waals surface area contributed by atoms with Gasteiger partial charge in [0.25, 0.3) is 0 Å². The molecule has 1 aliphatic heterocycles. The molecule has 2 heterocycles. The Labute approximate surface area is 177 Å². The minimum Gasteiger partial charge on any atom is -0.338 e. The Hall–Kier alpha value is -1.77. The van der Waals surface area contributed by atoms with Crippen LogP contribution in [0, 0.1) is 6.92 Å². The van der Waals surface area contributed by atoms with E-state index in [4.69, 9.17) is 23.2 Å². The summed E-state index contributed by atoms with van der Waals surface area (Å²) in [5, 5.41) is 4.78. The fourth-order valence-corrected chi connectivity index (χ4v) is 3.94. The Balaban J connectivity index is 1.62. The average molecular weight is 449 g/mol. The predicted octanol–water partition coefficient (Wildman–Crippen LogP) is 4.42. The largest absolute Gasteiger partial charge is 0.435 e. The van der Waals surface area contributed by atoms with E-state index in [1.807, 2.05) is 0 Å². The Morgan fingerprint density at radius 1 is 1.17 bits per heavy atom. The van der Waals surface area contributed by atoms with Gasteiger partial charge in [-0.3, -0.25) is 14.4 Å². The third kappa shape index (κ3) is 4.87. The van der Waals surface area contributed by atoms with Crippen molar-refractivity contribution in [3.63, 3.8) is 0 Å². The van der Waals surface area contributed by atoms with Crippen LogP contribution in [-0.2, 0) is 17.5 Å². The second kappa shape index (κ2) is 8.53. The first-order chi connectivity index (χ1) is 13.6. The summed E-state index contributed by atoms with van der Waals surface area (Å²) in [7, 11) is 0. The number of hydrogen-bond acceptors (Lipinski definition) is 3. The van der Waals surface area contributed by atoms with E-state index in [2.05, 4.69) is 10.00 Å². The number of aryl methyl sites for hydroxylation is 1. The number of benzene rings is 1. The van der Waals surface area contributed by atoms with Crippen molar-refractivity contribution in [1.29, 1.82) is 0 Å². The number of rotatable bonds is 4. The van der Waals surface area contributed by atoms with Crippen molar-refractivity contribution < 1.29 is 18.0 Å². The zero-order chi connectivity index (χ0) is 21.3. The first-order valence-electron chi connectivity index (χ1n) is 9.15. The summed E-state index contributed by atoms with van der Waals surface area (Å²) < 4.78 is 39.8. The molecule has 0 radical (unpaired) electrons. The Morgan fingerprint density at radius 2 is 1.76 bits per heavy atom. The summed E-state index contributed by atoms with van der Waals surface area (Å²) in [6.07, 6.45) is -4.54. The SMILES string of the molecule is Cc1cc(C(F)(F)F)nn1C(C)C(=O)N1CCN(Cc2c(Cl)cccc2Cl)CC1. The van der Waals surface area contributed by atoms with Crippen molar-refractivity contribution in [2.24, 2.45) is 0 Å². The van der Waals surface area contributed by atoms with Crippen LogP contribution in [0.4, 0.5) is 13.2 Å². The molecule has 2 aromatic rings. The molecule has 5 nitrogen and oxygen atoms in total. The number of piperazine rings is 1. The van der Waals surface area contributed by atoms with Gasteiger partial charge in [0, 0.05) is 54.0 Å². The summed E-state index contributed by atoms with van der Waals surface area (Å²) >= 11 is 12.4. The Bertz CT molecular complexity index is 872. The fourth-order valence-electron chi connectivity index (χ4n) is 3.42. The maximum Gasteiger partial charge on any atom is 0.435 e. The van der Waals surface area contributed by atoms with Crippen LogP contribution in [0.1, 0.15) is 29.9 Å². The number of carbonyl (C=O) groups is 1. The van der Waals surface area contributed by atoms with Gasteiger partial charge in [0.2, 0.25) is 5.91 Å². The van der Waals surface area contributed by atoms with E-state index in [1.54, 1.807) is 30.0 Å². The van der Waals surface area contributed by atoms with Crippen LogP contribution in [0.3, 0.4) is 0 Å². The smallest absolute Gasteiger partial charge is 0.338 e. The van der Waals surface area contributed by atoms with E-state index in [0.29, 0.717) is 48.5 Å². The van der Waals surface area contributed by atoms with Gasteiger partial charge in [-0.15, -0.1) is 0 Å². The highest BCUT2D eigenvalue weighted by molar-refractivity contribution is 6.35. The van der Waals surface area contributed by atoms with Gasteiger partial charge in [-0.25, -0.2) is 0 Å². The zero-order valence-electron chi connectivity index (χ0n) is 16.0. The molecular formula is C19H21Cl2F3N4O. The molecule has 0 bridgehead atoms. The molecule has 1 aliphatic rings. The second-order valence-electron chi connectivity index (χ2n) is 7.09. The molecule has 158 valence electrons. The van der Waals surface area contributed by atoms with E-state index < -0.39 is 17.9 Å². The van der Waals surface area contributed by atoms with Crippen molar-refractivity contribution in [3.8, 4) is 0 Å². The van der Waals surface area contributed by atoms with Crippen LogP contribution in [-0.4, -0.2) is 51.7 Å². The van der Waals surface area contributed by atoms with Gasteiger partial charge in [0.05, 0.1) is 0 Å². The lowest BCUT2D eigenvalue weighted by Crippen LogP contribution is -2.50. The molecule has 1 atom stereocenters. The molecule has 3 rings (SSSR count). The van der Waals surface area contributed by atoms with Gasteiger partial charge >= 0.3 is 6.18 Å². The number of amides is 1. The van der Waals surface area contributed by atoms with E-state index in [9.17, 15) is 18.0 Å². The first kappa shape index (κ1) is 21.9. The molecule has 10 heteroatoms. The molecule has 0 saturated carbocycles. The number of carbonyl (C=O) groups excluding carboxylic acids is 1. The van der Waals surface area contributed by atoms with Crippen molar-refractivity contribution in [1.82, 2.24) is 19.6 Å². The van der Waals surface area contributed by atoms with Crippen molar-refractivity contribution in [2.45, 2.75) is 32.6 Å². The minimum absolute atomic E-state index is 0.250. The number of alkyl halides is 3. The normalized spacial score (nSPS) is 16.9. The average Bonchev–Trinajstić information content (AvgIpc) is 3.06. The molecule has 1 amide bonds. The van der Waals surface area contributed by atoms with Gasteiger partial charge in [-0.1, -0.05) is 29.3 Å². The number of nitrogens with zero attached hydrogens (tertiary/aromatic N) is 4. The summed E-state index contributed by atoms with van der Waals surface area (Å²) in [5.74, 6) is -0.250. The maximum absolute atomic E-state index is 12.9. The topological polar surface area (TPSA) is 41.4 Å². The molecule has 1 aromatic carbocycles. The quantitative estimate of drug-likeness (QED) is 0.694. The molecule has 0 spiro atoms. The minimum atomic E-state index is -4.54. The maximum atomic E-state index is 12.9. The number of aromatic nitrogens is 2. The van der Waals surface area contributed by atoms with Crippen molar-refractivity contribution in [3.05, 3.63) is 51.3 Å². The highest BCUT2D eigenvalue weighted by atomic mass is 35.5. The van der Waals surface area contributed by atoms with E-state index in [1.165, 1.54) is 6.92 Å². The predicted molar refractivity (Wildman–Crippen MR) is 105 cm³/mol.